The summed E-state index contributed by atoms with van der Waals surface area (Å²) in [6.07, 6.45) is -2.51. The molecule has 0 bridgehead atoms. The van der Waals surface area contributed by atoms with Crippen LogP contribution in [0.3, 0.4) is 0 Å². The third kappa shape index (κ3) is 3.87. The summed E-state index contributed by atoms with van der Waals surface area (Å²) >= 11 is 0. The molecule has 0 fully saturated rings. The van der Waals surface area contributed by atoms with Gasteiger partial charge in [0.15, 0.2) is 0 Å². The number of alkyl halides is 3. The number of hydrogen-bond donors (Lipinski definition) is 1. The average molecular weight is 416 g/mol. The normalized spacial score (nSPS) is 13.7. The fraction of sp³-hybridized carbons (Fsp3) is 0.238. The highest BCUT2D eigenvalue weighted by molar-refractivity contribution is 5.98. The lowest BCUT2D eigenvalue weighted by Gasteiger charge is -2.18. The van der Waals surface area contributed by atoms with Crippen molar-refractivity contribution in [1.82, 2.24) is 20.5 Å². The van der Waals surface area contributed by atoms with Gasteiger partial charge in [0.2, 0.25) is 0 Å². The average Bonchev–Trinajstić information content (AvgIpc) is 2.69. The van der Waals surface area contributed by atoms with Crippen molar-refractivity contribution in [2.24, 2.45) is 0 Å². The Balaban J connectivity index is 1.74. The summed E-state index contributed by atoms with van der Waals surface area (Å²) in [7, 11) is 0. The maximum atomic E-state index is 13.8. The van der Waals surface area contributed by atoms with Crippen LogP contribution in [-0.2, 0) is 19.0 Å². The molecule has 3 aromatic rings. The number of carbonyl (C=O) groups excluding carboxylic acids is 1. The number of rotatable bonds is 3. The first kappa shape index (κ1) is 19.9. The van der Waals surface area contributed by atoms with Gasteiger partial charge in [-0.3, -0.25) is 9.78 Å². The predicted octanol–water partition coefficient (Wildman–Crippen LogP) is 3.88. The van der Waals surface area contributed by atoms with Crippen LogP contribution in [0.1, 0.15) is 38.3 Å². The maximum Gasteiger partial charge on any atom is 0.416 e. The van der Waals surface area contributed by atoms with Crippen molar-refractivity contribution in [3.63, 3.8) is 0 Å². The van der Waals surface area contributed by atoms with Crippen LogP contribution in [0.25, 0.3) is 11.4 Å². The summed E-state index contributed by atoms with van der Waals surface area (Å²) in [6, 6.07) is 5.77. The second-order valence-electron chi connectivity index (χ2n) is 7.05. The third-order valence-electron chi connectivity index (χ3n) is 4.97. The van der Waals surface area contributed by atoms with Gasteiger partial charge in [-0.1, -0.05) is 0 Å². The molecule has 0 spiro atoms. The second-order valence-corrected chi connectivity index (χ2v) is 7.05. The van der Waals surface area contributed by atoms with Crippen molar-refractivity contribution in [3.8, 4) is 11.4 Å². The van der Waals surface area contributed by atoms with E-state index in [-0.39, 0.29) is 17.9 Å². The summed E-state index contributed by atoms with van der Waals surface area (Å²) < 4.78 is 52.8. The zero-order chi connectivity index (χ0) is 21.5. The van der Waals surface area contributed by atoms with Gasteiger partial charge in [0.1, 0.15) is 11.5 Å². The molecule has 5 nitrogen and oxygen atoms in total. The van der Waals surface area contributed by atoms with E-state index in [4.69, 9.17) is 0 Å². The molecule has 0 unspecified atom stereocenters. The number of pyridine rings is 1. The fourth-order valence-electron chi connectivity index (χ4n) is 3.50. The van der Waals surface area contributed by atoms with Crippen molar-refractivity contribution in [1.29, 1.82) is 0 Å². The van der Waals surface area contributed by atoms with Gasteiger partial charge in [-0.15, -0.1) is 5.10 Å². The van der Waals surface area contributed by atoms with Crippen LogP contribution in [0.5, 0.6) is 0 Å². The van der Waals surface area contributed by atoms with Crippen LogP contribution in [0, 0.1) is 12.7 Å². The number of benzene rings is 1. The highest BCUT2D eigenvalue weighted by Gasteiger charge is 2.31. The molecule has 154 valence electrons. The van der Waals surface area contributed by atoms with E-state index in [1.807, 2.05) is 0 Å². The monoisotopic (exact) mass is 416 g/mol. The second kappa shape index (κ2) is 7.47. The van der Waals surface area contributed by atoms with Gasteiger partial charge in [-0.2, -0.15) is 18.3 Å². The van der Waals surface area contributed by atoms with Gasteiger partial charge in [0, 0.05) is 18.3 Å². The Morgan fingerprint density at radius 3 is 2.70 bits per heavy atom. The number of fused-ring (bicyclic) bond motifs is 1. The molecule has 1 amide bonds. The van der Waals surface area contributed by atoms with Crippen molar-refractivity contribution in [2.75, 3.05) is 6.54 Å². The molecule has 3 heterocycles. The molecular formula is C21H16F4N4O. The molecule has 1 N–H and O–H groups in total. The highest BCUT2D eigenvalue weighted by Crippen LogP contribution is 2.31. The lowest BCUT2D eigenvalue weighted by molar-refractivity contribution is -0.137. The first-order valence-corrected chi connectivity index (χ1v) is 9.18. The van der Waals surface area contributed by atoms with E-state index in [2.05, 4.69) is 20.5 Å². The van der Waals surface area contributed by atoms with E-state index in [1.54, 1.807) is 19.1 Å². The van der Waals surface area contributed by atoms with E-state index in [1.165, 1.54) is 6.20 Å². The third-order valence-corrected chi connectivity index (χ3v) is 4.97. The maximum absolute atomic E-state index is 13.8. The first-order chi connectivity index (χ1) is 14.2. The molecule has 1 aromatic carbocycles. The topological polar surface area (TPSA) is 67.8 Å². The van der Waals surface area contributed by atoms with Crippen molar-refractivity contribution in [2.45, 2.75) is 25.9 Å². The summed E-state index contributed by atoms with van der Waals surface area (Å²) in [5.74, 6) is -1.15. The molecule has 2 aromatic heterocycles. The van der Waals surface area contributed by atoms with E-state index in [9.17, 15) is 22.4 Å². The van der Waals surface area contributed by atoms with Crippen LogP contribution >= 0.6 is 0 Å². The fourth-order valence-corrected chi connectivity index (χ4v) is 3.50. The van der Waals surface area contributed by atoms with Crippen LogP contribution in [0.15, 0.2) is 36.5 Å². The minimum Gasteiger partial charge on any atom is -0.352 e. The molecule has 0 radical (unpaired) electrons. The molecule has 4 rings (SSSR count). The van der Waals surface area contributed by atoms with Crippen LogP contribution < -0.4 is 5.32 Å². The molecule has 0 saturated heterocycles. The number of carbonyl (C=O) groups is 1. The summed E-state index contributed by atoms with van der Waals surface area (Å²) in [5.41, 5.74) is 2.41. The van der Waals surface area contributed by atoms with E-state index in [0.717, 1.165) is 17.7 Å². The standard InChI is InChI=1S/C21H16F4N4O/c1-11-13(6-12-7-14(21(23,24)25)10-15(22)8-12)9-18(29-28-11)19-16-2-5-27-20(30)17(16)3-4-26-19/h3-4,7-10H,2,5-6H2,1H3,(H,27,30). The Bertz CT molecular complexity index is 1140. The lowest BCUT2D eigenvalue weighted by atomic mass is 9.96. The Kier molecular flexibility index (Phi) is 4.97. The van der Waals surface area contributed by atoms with Crippen LogP contribution in [0.2, 0.25) is 0 Å². The summed E-state index contributed by atoms with van der Waals surface area (Å²) in [6.45, 7) is 2.15. The highest BCUT2D eigenvalue weighted by atomic mass is 19.4. The van der Waals surface area contributed by atoms with Crippen LogP contribution in [-0.4, -0.2) is 27.6 Å². The minimum atomic E-state index is -4.64. The summed E-state index contributed by atoms with van der Waals surface area (Å²) in [5, 5.41) is 11.0. The van der Waals surface area contributed by atoms with E-state index in [0.29, 0.717) is 47.2 Å². The summed E-state index contributed by atoms with van der Waals surface area (Å²) in [4.78, 5) is 16.4. The van der Waals surface area contributed by atoms with Gasteiger partial charge in [0.25, 0.3) is 5.91 Å². The molecule has 30 heavy (non-hydrogen) atoms. The molecule has 1 aliphatic rings. The van der Waals surface area contributed by atoms with Gasteiger partial charge < -0.3 is 5.32 Å². The smallest absolute Gasteiger partial charge is 0.352 e. The number of aryl methyl sites for hydroxylation is 1. The SMILES string of the molecule is Cc1nnc(-c2nccc3c2CCNC3=O)cc1Cc1cc(F)cc(C(F)(F)F)c1. The number of nitrogens with zero attached hydrogens (tertiary/aromatic N) is 3. The number of aromatic nitrogens is 3. The zero-order valence-corrected chi connectivity index (χ0v) is 15.8. The molecule has 0 saturated carbocycles. The van der Waals surface area contributed by atoms with Gasteiger partial charge in [-0.25, -0.2) is 4.39 Å². The number of amides is 1. The number of halogens is 4. The van der Waals surface area contributed by atoms with Crippen LogP contribution in [0.4, 0.5) is 17.6 Å². The lowest BCUT2D eigenvalue weighted by Crippen LogP contribution is -2.32. The van der Waals surface area contributed by atoms with Crippen molar-refractivity contribution < 1.29 is 22.4 Å². The van der Waals surface area contributed by atoms with Gasteiger partial charge >= 0.3 is 6.18 Å². The molecule has 0 aliphatic carbocycles. The predicted molar refractivity (Wildman–Crippen MR) is 100 cm³/mol. The van der Waals surface area contributed by atoms with Gasteiger partial charge in [0.05, 0.1) is 17.0 Å². The van der Waals surface area contributed by atoms with Gasteiger partial charge in [-0.05, 0) is 66.8 Å². The largest absolute Gasteiger partial charge is 0.416 e. The van der Waals surface area contributed by atoms with E-state index < -0.39 is 17.6 Å². The molecule has 1 aliphatic heterocycles. The zero-order valence-electron chi connectivity index (χ0n) is 15.8. The van der Waals surface area contributed by atoms with Crippen molar-refractivity contribution in [3.05, 3.63) is 75.9 Å². The Labute approximate surface area is 169 Å². The molecular weight excluding hydrogens is 400 g/mol. The Hall–Kier alpha value is -3.36. The minimum absolute atomic E-state index is 0.0463. The molecule has 9 heteroatoms. The quantitative estimate of drug-likeness (QED) is 0.658. The Morgan fingerprint density at radius 1 is 1.13 bits per heavy atom. The Morgan fingerprint density at radius 2 is 1.93 bits per heavy atom. The van der Waals surface area contributed by atoms with E-state index >= 15 is 0 Å². The number of nitrogens with one attached hydrogen (secondary N) is 1. The number of hydrogen-bond acceptors (Lipinski definition) is 4. The van der Waals surface area contributed by atoms with Crippen molar-refractivity contribution >= 4 is 5.91 Å². The first-order valence-electron chi connectivity index (χ1n) is 9.18. The molecule has 0 atom stereocenters.